The lowest BCUT2D eigenvalue weighted by atomic mass is 10.0. The molecule has 9 heteroatoms. The molecule has 0 unspecified atom stereocenters. The predicted octanol–water partition coefficient (Wildman–Crippen LogP) is 4.24. The second-order valence-electron chi connectivity index (χ2n) is 9.06. The minimum Gasteiger partial charge on any atom is -0.435 e. The fourth-order valence-corrected chi connectivity index (χ4v) is 4.25. The molecule has 3 aromatic rings. The Morgan fingerprint density at radius 1 is 1.06 bits per heavy atom. The normalized spacial score (nSPS) is 15.3. The summed E-state index contributed by atoms with van der Waals surface area (Å²) < 4.78 is 32.3. The maximum Gasteiger partial charge on any atom is 0.387 e. The number of anilines is 1. The molecule has 0 aliphatic carbocycles. The fraction of sp³-hybridized carbons (Fsp3) is 0.385. The number of aryl methyl sites for hydroxylation is 2. The highest BCUT2D eigenvalue weighted by Gasteiger charge is 2.20. The van der Waals surface area contributed by atoms with Crippen molar-refractivity contribution in [1.29, 1.82) is 0 Å². The molecule has 1 atom stereocenters. The Morgan fingerprint density at radius 2 is 1.80 bits per heavy atom. The van der Waals surface area contributed by atoms with E-state index in [4.69, 9.17) is 4.74 Å². The van der Waals surface area contributed by atoms with Crippen LogP contribution in [0.15, 0.2) is 48.8 Å². The molecule has 0 radical (unpaired) electrons. The van der Waals surface area contributed by atoms with Gasteiger partial charge in [-0.25, -0.2) is 0 Å². The number of piperazine rings is 1. The molecule has 0 bridgehead atoms. The maximum atomic E-state index is 13.3. The van der Waals surface area contributed by atoms with E-state index in [1.165, 1.54) is 6.07 Å². The van der Waals surface area contributed by atoms with Gasteiger partial charge >= 0.3 is 6.61 Å². The zero-order chi connectivity index (χ0) is 25.1. The first kappa shape index (κ1) is 24.7. The Bertz CT molecular complexity index is 1190. The topological polar surface area (TPSA) is 62.6 Å². The van der Waals surface area contributed by atoms with Crippen molar-refractivity contribution in [3.8, 4) is 16.9 Å². The molecule has 1 N–H and O–H groups in total. The average molecular weight is 484 g/mol. The molecule has 1 aliphatic heterocycles. The zero-order valence-corrected chi connectivity index (χ0v) is 20.5. The second kappa shape index (κ2) is 10.4. The molecule has 35 heavy (non-hydrogen) atoms. The van der Waals surface area contributed by atoms with Crippen LogP contribution in [0.25, 0.3) is 11.1 Å². The van der Waals surface area contributed by atoms with Gasteiger partial charge in [-0.3, -0.25) is 9.48 Å². The van der Waals surface area contributed by atoms with Crippen LogP contribution in [-0.4, -0.2) is 60.4 Å². The number of nitrogens with one attached hydrogen (secondary N) is 1. The Balaban J connectivity index is 1.56. The summed E-state index contributed by atoms with van der Waals surface area (Å²) in [5.74, 6) is -0.181. The van der Waals surface area contributed by atoms with Gasteiger partial charge in [-0.05, 0) is 67.9 Å². The van der Waals surface area contributed by atoms with Crippen LogP contribution in [0.1, 0.15) is 34.5 Å². The third-order valence-corrected chi connectivity index (χ3v) is 6.37. The van der Waals surface area contributed by atoms with Crippen LogP contribution in [-0.2, 0) is 7.05 Å². The molecule has 0 spiro atoms. The van der Waals surface area contributed by atoms with Gasteiger partial charge in [0.2, 0.25) is 0 Å². The summed E-state index contributed by atoms with van der Waals surface area (Å²) in [6, 6.07) is 10.4. The molecule has 1 fully saturated rings. The highest BCUT2D eigenvalue weighted by Crippen LogP contribution is 2.30. The number of aromatic nitrogens is 2. The number of likely N-dealkylation sites (N-methyl/N-ethyl adjacent to an activating group) is 1. The highest BCUT2D eigenvalue weighted by atomic mass is 19.3. The molecular formula is C26H31F2N5O2. The van der Waals surface area contributed by atoms with Crippen molar-refractivity contribution in [2.75, 3.05) is 38.1 Å². The molecule has 186 valence electrons. The lowest BCUT2D eigenvalue weighted by Gasteiger charge is -2.34. The lowest BCUT2D eigenvalue weighted by Crippen LogP contribution is -2.44. The minimum atomic E-state index is -2.95. The van der Waals surface area contributed by atoms with Gasteiger partial charge in [0.25, 0.3) is 5.91 Å². The fourth-order valence-electron chi connectivity index (χ4n) is 4.25. The summed E-state index contributed by atoms with van der Waals surface area (Å²) in [5.41, 5.74) is 4.60. The summed E-state index contributed by atoms with van der Waals surface area (Å²) in [5, 5.41) is 7.18. The van der Waals surface area contributed by atoms with E-state index in [-0.39, 0.29) is 11.7 Å². The van der Waals surface area contributed by atoms with Gasteiger partial charge in [0, 0.05) is 56.2 Å². The molecule has 2 heterocycles. The van der Waals surface area contributed by atoms with E-state index >= 15 is 0 Å². The van der Waals surface area contributed by atoms with E-state index in [1.54, 1.807) is 30.2 Å². The first-order chi connectivity index (χ1) is 16.7. The molecule has 0 saturated carbocycles. The molecule has 4 rings (SSSR count). The summed E-state index contributed by atoms with van der Waals surface area (Å²) in [7, 11) is 3.89. The third-order valence-electron chi connectivity index (χ3n) is 6.37. The predicted molar refractivity (Wildman–Crippen MR) is 132 cm³/mol. The van der Waals surface area contributed by atoms with Crippen molar-refractivity contribution in [2.45, 2.75) is 26.5 Å². The van der Waals surface area contributed by atoms with Crippen LogP contribution in [0, 0.1) is 6.92 Å². The molecule has 1 aromatic heterocycles. The maximum absolute atomic E-state index is 13.3. The highest BCUT2D eigenvalue weighted by molar-refractivity contribution is 5.97. The Labute approximate surface area is 204 Å². The largest absolute Gasteiger partial charge is 0.435 e. The van der Waals surface area contributed by atoms with Gasteiger partial charge in [0.1, 0.15) is 5.75 Å². The van der Waals surface area contributed by atoms with Gasteiger partial charge in [-0.1, -0.05) is 6.07 Å². The van der Waals surface area contributed by atoms with Crippen LogP contribution in [0.4, 0.5) is 14.5 Å². The molecule has 1 amide bonds. The summed E-state index contributed by atoms with van der Waals surface area (Å²) in [6.07, 6.45) is 3.45. The third kappa shape index (κ3) is 5.97. The van der Waals surface area contributed by atoms with Crippen LogP contribution < -0.4 is 15.0 Å². The lowest BCUT2D eigenvalue weighted by molar-refractivity contribution is -0.0498. The summed E-state index contributed by atoms with van der Waals surface area (Å²) in [4.78, 5) is 17.8. The van der Waals surface area contributed by atoms with E-state index in [0.29, 0.717) is 16.7 Å². The van der Waals surface area contributed by atoms with Crippen molar-refractivity contribution in [2.24, 2.45) is 7.05 Å². The second-order valence-corrected chi connectivity index (χ2v) is 9.06. The molecule has 2 aromatic carbocycles. The van der Waals surface area contributed by atoms with Gasteiger partial charge in [-0.15, -0.1) is 0 Å². The standard InChI is InChI=1S/C26H31F2N5O2/c1-17-5-6-22(33-9-7-31(3)8-10-33)14-24(17)25(34)30-18(2)19-11-20(21-15-29-32(4)16-21)13-23(12-19)35-26(27)28/h5-6,11-16,18,26H,7-10H2,1-4H3,(H,30,34)/t18-/m1/s1. The number of amides is 1. The van der Waals surface area contributed by atoms with E-state index in [2.05, 4.69) is 27.3 Å². The number of carbonyl (C=O) groups excluding carboxylic acids is 1. The van der Waals surface area contributed by atoms with E-state index in [9.17, 15) is 13.6 Å². The summed E-state index contributed by atoms with van der Waals surface area (Å²) in [6.45, 7) is 4.55. The van der Waals surface area contributed by atoms with Gasteiger partial charge in [-0.2, -0.15) is 13.9 Å². The van der Waals surface area contributed by atoms with Crippen LogP contribution in [0.2, 0.25) is 0 Å². The number of carbonyl (C=O) groups is 1. The van der Waals surface area contributed by atoms with E-state index in [0.717, 1.165) is 43.0 Å². The Hall–Kier alpha value is -3.46. The number of alkyl halides is 2. The van der Waals surface area contributed by atoms with E-state index < -0.39 is 12.7 Å². The molecule has 1 aliphatic rings. The zero-order valence-electron chi connectivity index (χ0n) is 20.5. The van der Waals surface area contributed by atoms with Crippen molar-refractivity contribution < 1.29 is 18.3 Å². The monoisotopic (exact) mass is 483 g/mol. The van der Waals surface area contributed by atoms with Gasteiger partial charge in [0.15, 0.2) is 0 Å². The van der Waals surface area contributed by atoms with Crippen molar-refractivity contribution >= 4 is 11.6 Å². The van der Waals surface area contributed by atoms with Crippen molar-refractivity contribution in [3.05, 3.63) is 65.5 Å². The van der Waals surface area contributed by atoms with Crippen molar-refractivity contribution in [1.82, 2.24) is 20.0 Å². The van der Waals surface area contributed by atoms with Gasteiger partial charge < -0.3 is 19.9 Å². The number of rotatable bonds is 7. The van der Waals surface area contributed by atoms with Crippen LogP contribution in [0.5, 0.6) is 5.75 Å². The Morgan fingerprint density at radius 3 is 2.46 bits per heavy atom. The number of benzene rings is 2. The average Bonchev–Trinajstić information content (AvgIpc) is 3.25. The number of halogens is 2. The Kier molecular flexibility index (Phi) is 7.35. The van der Waals surface area contributed by atoms with Crippen LogP contribution >= 0.6 is 0 Å². The molecule has 1 saturated heterocycles. The number of hydrogen-bond donors (Lipinski definition) is 1. The molecule has 7 nitrogen and oxygen atoms in total. The smallest absolute Gasteiger partial charge is 0.387 e. The van der Waals surface area contributed by atoms with Gasteiger partial charge in [0.05, 0.1) is 12.2 Å². The van der Waals surface area contributed by atoms with Crippen LogP contribution in [0.3, 0.4) is 0 Å². The number of nitrogens with zero attached hydrogens (tertiary/aromatic N) is 4. The first-order valence-corrected chi connectivity index (χ1v) is 11.6. The quantitative estimate of drug-likeness (QED) is 0.545. The van der Waals surface area contributed by atoms with E-state index in [1.807, 2.05) is 38.1 Å². The van der Waals surface area contributed by atoms with Crippen molar-refractivity contribution in [3.63, 3.8) is 0 Å². The number of hydrogen-bond acceptors (Lipinski definition) is 5. The summed E-state index contributed by atoms with van der Waals surface area (Å²) >= 11 is 0. The minimum absolute atomic E-state index is 0.0331. The number of ether oxygens (including phenoxy) is 1. The first-order valence-electron chi connectivity index (χ1n) is 11.6. The SMILES string of the molecule is Cc1ccc(N2CCN(C)CC2)cc1C(=O)N[C@H](C)c1cc(OC(F)F)cc(-c2cnn(C)c2)c1. The molecular weight excluding hydrogens is 452 g/mol.